The Kier molecular flexibility index (Phi) is 4.27. The normalized spacial score (nSPS) is 10.4. The molecule has 1 aromatic rings. The summed E-state index contributed by atoms with van der Waals surface area (Å²) in [4.78, 5) is 9.44. The lowest BCUT2D eigenvalue weighted by molar-refractivity contribution is -0.387. The van der Waals surface area contributed by atoms with E-state index in [1.54, 1.807) is 0 Å². The van der Waals surface area contributed by atoms with Crippen LogP contribution in [0.15, 0.2) is 12.1 Å². The molecule has 0 fully saturated rings. The van der Waals surface area contributed by atoms with Crippen molar-refractivity contribution in [2.45, 2.75) is 6.61 Å². The average Bonchev–Trinajstić information content (AvgIpc) is 2.21. The zero-order valence-electron chi connectivity index (χ0n) is 8.15. The third-order valence-electron chi connectivity index (χ3n) is 1.81. The highest BCUT2D eigenvalue weighted by atomic mass is 19.1. The van der Waals surface area contributed by atoms with Gasteiger partial charge in [0, 0.05) is 17.7 Å². The van der Waals surface area contributed by atoms with Crippen molar-refractivity contribution in [1.82, 2.24) is 0 Å². The van der Waals surface area contributed by atoms with Crippen molar-refractivity contribution in [3.63, 3.8) is 0 Å². The van der Waals surface area contributed by atoms with Crippen LogP contribution in [-0.2, 0) is 11.3 Å². The van der Waals surface area contributed by atoms with Crippen molar-refractivity contribution in [3.05, 3.63) is 39.4 Å². The fourth-order valence-electron chi connectivity index (χ4n) is 1.08. The number of benzene rings is 1. The Hall–Kier alpha value is -1.60. The highest BCUT2D eigenvalue weighted by Crippen LogP contribution is 2.21. The van der Waals surface area contributed by atoms with Crippen molar-refractivity contribution in [3.8, 4) is 0 Å². The second-order valence-electron chi connectivity index (χ2n) is 2.93. The second-order valence-corrected chi connectivity index (χ2v) is 2.93. The topological polar surface area (TPSA) is 72.6 Å². The Bertz CT molecular complexity index is 397. The number of halogens is 2. The molecular weight excluding hydrogens is 224 g/mol. The van der Waals surface area contributed by atoms with Crippen molar-refractivity contribution < 1.29 is 23.5 Å². The van der Waals surface area contributed by atoms with Crippen molar-refractivity contribution in [2.24, 2.45) is 0 Å². The number of aliphatic hydroxyl groups excluding tert-OH is 1. The lowest BCUT2D eigenvalue weighted by atomic mass is 10.2. The second kappa shape index (κ2) is 5.47. The first-order valence-electron chi connectivity index (χ1n) is 4.37. The molecule has 0 saturated heterocycles. The standard InChI is InChI=1S/C9H9F2NO4/c10-7-4-8(11)9(12(14)15)3-6(7)5-16-2-1-13/h3-4,13H,1-2,5H2. The van der Waals surface area contributed by atoms with Crippen LogP contribution in [0.4, 0.5) is 14.5 Å². The molecule has 0 amide bonds. The molecule has 0 aliphatic heterocycles. The van der Waals surface area contributed by atoms with Crippen molar-refractivity contribution >= 4 is 5.69 Å². The molecule has 0 aromatic heterocycles. The van der Waals surface area contributed by atoms with Gasteiger partial charge in [0.1, 0.15) is 5.82 Å². The van der Waals surface area contributed by atoms with Gasteiger partial charge in [0.2, 0.25) is 5.82 Å². The van der Waals surface area contributed by atoms with E-state index in [-0.39, 0.29) is 25.4 Å². The summed E-state index contributed by atoms with van der Waals surface area (Å²) >= 11 is 0. The largest absolute Gasteiger partial charge is 0.394 e. The Balaban J connectivity index is 2.91. The Morgan fingerprint density at radius 2 is 2.06 bits per heavy atom. The van der Waals surface area contributed by atoms with Crippen LogP contribution in [0.1, 0.15) is 5.56 Å². The summed E-state index contributed by atoms with van der Waals surface area (Å²) in [5, 5.41) is 18.8. The highest BCUT2D eigenvalue weighted by Gasteiger charge is 2.18. The average molecular weight is 233 g/mol. The first-order valence-corrected chi connectivity index (χ1v) is 4.37. The van der Waals surface area contributed by atoms with Gasteiger partial charge in [-0.3, -0.25) is 10.1 Å². The number of rotatable bonds is 5. The Labute approximate surface area is 89.4 Å². The Morgan fingerprint density at radius 3 is 2.62 bits per heavy atom. The van der Waals surface area contributed by atoms with Crippen LogP contribution in [0, 0.1) is 21.7 Å². The molecule has 0 bridgehead atoms. The first-order chi connectivity index (χ1) is 7.56. The molecule has 0 spiro atoms. The van der Waals surface area contributed by atoms with Gasteiger partial charge in [0.25, 0.3) is 0 Å². The van der Waals surface area contributed by atoms with Crippen LogP contribution in [0.2, 0.25) is 0 Å². The van der Waals surface area contributed by atoms with Crippen molar-refractivity contribution in [1.29, 1.82) is 0 Å². The summed E-state index contributed by atoms with van der Waals surface area (Å²) in [5.74, 6) is -2.14. The minimum Gasteiger partial charge on any atom is -0.394 e. The molecule has 0 atom stereocenters. The molecule has 88 valence electrons. The first kappa shape index (κ1) is 12.5. The third kappa shape index (κ3) is 2.94. The molecule has 0 unspecified atom stereocenters. The molecule has 0 aliphatic rings. The Morgan fingerprint density at radius 1 is 1.38 bits per heavy atom. The van der Waals surface area contributed by atoms with Gasteiger partial charge in [-0.1, -0.05) is 0 Å². The van der Waals surface area contributed by atoms with E-state index >= 15 is 0 Å². The maximum Gasteiger partial charge on any atom is 0.305 e. The van der Waals surface area contributed by atoms with Gasteiger partial charge in [0.15, 0.2) is 0 Å². The van der Waals surface area contributed by atoms with Crippen LogP contribution in [0.3, 0.4) is 0 Å². The van der Waals surface area contributed by atoms with E-state index in [0.29, 0.717) is 6.07 Å². The molecule has 1 N–H and O–H groups in total. The monoisotopic (exact) mass is 233 g/mol. The van der Waals surface area contributed by atoms with Crippen LogP contribution < -0.4 is 0 Å². The van der Waals surface area contributed by atoms with Gasteiger partial charge in [-0.05, 0) is 0 Å². The van der Waals surface area contributed by atoms with E-state index < -0.39 is 22.2 Å². The summed E-state index contributed by atoms with van der Waals surface area (Å²) < 4.78 is 30.8. The van der Waals surface area contributed by atoms with Gasteiger partial charge in [-0.25, -0.2) is 4.39 Å². The maximum absolute atomic E-state index is 13.1. The molecule has 1 aromatic carbocycles. The van der Waals surface area contributed by atoms with E-state index in [2.05, 4.69) is 0 Å². The molecule has 0 aliphatic carbocycles. The van der Waals surface area contributed by atoms with Crippen LogP contribution in [-0.4, -0.2) is 23.2 Å². The summed E-state index contributed by atoms with van der Waals surface area (Å²) in [6.45, 7) is -0.525. The fraction of sp³-hybridized carbons (Fsp3) is 0.333. The van der Waals surface area contributed by atoms with Crippen LogP contribution >= 0.6 is 0 Å². The predicted molar refractivity (Wildman–Crippen MR) is 49.8 cm³/mol. The van der Waals surface area contributed by atoms with E-state index in [1.807, 2.05) is 0 Å². The number of hydrogen-bond acceptors (Lipinski definition) is 4. The van der Waals surface area contributed by atoms with E-state index in [0.717, 1.165) is 6.07 Å². The van der Waals surface area contributed by atoms with E-state index in [9.17, 15) is 18.9 Å². The predicted octanol–water partition coefficient (Wildman–Crippen LogP) is 1.38. The number of nitro groups is 1. The highest BCUT2D eigenvalue weighted by molar-refractivity contribution is 5.36. The third-order valence-corrected chi connectivity index (χ3v) is 1.81. The van der Waals surface area contributed by atoms with E-state index in [1.165, 1.54) is 0 Å². The molecule has 0 saturated carbocycles. The number of nitrogens with zero attached hydrogens (tertiary/aromatic N) is 1. The molecule has 16 heavy (non-hydrogen) atoms. The molecule has 5 nitrogen and oxygen atoms in total. The van der Waals surface area contributed by atoms with Crippen molar-refractivity contribution in [2.75, 3.05) is 13.2 Å². The molecular formula is C9H9F2NO4. The smallest absolute Gasteiger partial charge is 0.305 e. The number of hydrogen-bond donors (Lipinski definition) is 1. The fourth-order valence-corrected chi connectivity index (χ4v) is 1.08. The molecule has 0 heterocycles. The number of ether oxygens (including phenoxy) is 1. The molecule has 1 rings (SSSR count). The lowest BCUT2D eigenvalue weighted by Gasteiger charge is -2.04. The summed E-state index contributed by atoms with van der Waals surface area (Å²) in [7, 11) is 0. The summed E-state index contributed by atoms with van der Waals surface area (Å²) in [6, 6.07) is 1.22. The number of aliphatic hydroxyl groups is 1. The van der Waals surface area contributed by atoms with Crippen LogP contribution in [0.5, 0.6) is 0 Å². The van der Waals surface area contributed by atoms with Gasteiger partial charge >= 0.3 is 5.69 Å². The lowest BCUT2D eigenvalue weighted by Crippen LogP contribution is -2.03. The SMILES string of the molecule is O=[N+]([O-])c1cc(COCCO)c(F)cc1F. The van der Waals surface area contributed by atoms with E-state index in [4.69, 9.17) is 9.84 Å². The minimum atomic E-state index is -1.23. The van der Waals surface area contributed by atoms with Gasteiger partial charge in [-0.15, -0.1) is 0 Å². The van der Waals surface area contributed by atoms with Gasteiger partial charge < -0.3 is 9.84 Å². The van der Waals surface area contributed by atoms with Crippen LogP contribution in [0.25, 0.3) is 0 Å². The maximum atomic E-state index is 13.1. The minimum absolute atomic E-state index is 0.0232. The zero-order valence-corrected chi connectivity index (χ0v) is 8.15. The zero-order chi connectivity index (χ0) is 12.1. The number of nitro benzene ring substituents is 1. The molecule has 0 radical (unpaired) electrons. The quantitative estimate of drug-likeness (QED) is 0.473. The van der Waals surface area contributed by atoms with Gasteiger partial charge in [-0.2, -0.15) is 4.39 Å². The molecule has 7 heteroatoms. The summed E-state index contributed by atoms with van der Waals surface area (Å²) in [5.41, 5.74) is -0.925. The van der Waals surface area contributed by atoms with Gasteiger partial charge in [0.05, 0.1) is 24.7 Å². The summed E-state index contributed by atoms with van der Waals surface area (Å²) in [6.07, 6.45) is 0.